The molecule has 0 aromatic heterocycles. The second-order valence-corrected chi connectivity index (χ2v) is 6.19. The van der Waals surface area contributed by atoms with E-state index in [1.165, 1.54) is 13.3 Å². The minimum absolute atomic E-state index is 0.0858. The Bertz CT molecular complexity index is 351. The first kappa shape index (κ1) is 6.86. The molecule has 2 nitrogen and oxygen atoms in total. The van der Waals surface area contributed by atoms with Crippen molar-refractivity contribution in [1.29, 1.82) is 0 Å². The van der Waals surface area contributed by atoms with Gasteiger partial charge in [-0.2, -0.15) is 0 Å². The molecule has 0 aliphatic heterocycles. The average Bonchev–Trinajstić information content (AvgIpc) is 2.40. The summed E-state index contributed by atoms with van der Waals surface area (Å²) in [6.07, 6.45) is 1.53. The van der Waals surface area contributed by atoms with Crippen molar-refractivity contribution in [1.82, 2.24) is 0 Å². The van der Waals surface area contributed by atoms with Crippen LogP contribution in [0.15, 0.2) is 0 Å². The molecule has 6 saturated carbocycles. The zero-order chi connectivity index (χ0) is 9.24. The van der Waals surface area contributed by atoms with Gasteiger partial charge in [0.2, 0.25) is 0 Å². The molecule has 0 aromatic carbocycles. The minimum Gasteiger partial charge on any atom is -0.465 e. The molecule has 0 heterocycles. The Morgan fingerprint density at radius 1 is 1.29 bits per heavy atom. The van der Waals surface area contributed by atoms with E-state index < -0.39 is 0 Å². The van der Waals surface area contributed by atoms with Crippen molar-refractivity contribution in [2.45, 2.75) is 13.3 Å². The lowest BCUT2D eigenvalue weighted by Crippen LogP contribution is -2.89. The van der Waals surface area contributed by atoms with Gasteiger partial charge < -0.3 is 4.74 Å². The number of esters is 1. The average molecular weight is 190 g/mol. The van der Waals surface area contributed by atoms with Crippen LogP contribution in [0, 0.1) is 46.8 Å². The summed E-state index contributed by atoms with van der Waals surface area (Å²) in [7, 11) is 0. The first-order valence-corrected chi connectivity index (χ1v) is 5.90. The van der Waals surface area contributed by atoms with Crippen LogP contribution >= 0.6 is 0 Å². The van der Waals surface area contributed by atoms with Crippen molar-refractivity contribution in [2.75, 3.05) is 6.61 Å². The van der Waals surface area contributed by atoms with E-state index in [-0.39, 0.29) is 5.97 Å². The highest BCUT2D eigenvalue weighted by molar-refractivity contribution is 5.66. The zero-order valence-corrected chi connectivity index (χ0v) is 8.27. The van der Waals surface area contributed by atoms with Gasteiger partial charge in [0.05, 0.1) is 6.61 Å². The Morgan fingerprint density at radius 3 is 2.57 bits per heavy atom. The SMILES string of the molecule is CC(=O)OCC12C3[C@@H]4C5CC([C@H]41)[C@@H]2[C@@H]53. The summed E-state index contributed by atoms with van der Waals surface area (Å²) >= 11 is 0. The normalized spacial score (nSPS) is 72.5. The van der Waals surface area contributed by atoms with Crippen molar-refractivity contribution < 1.29 is 9.53 Å². The van der Waals surface area contributed by atoms with Crippen LogP contribution in [-0.2, 0) is 9.53 Å². The van der Waals surface area contributed by atoms with Crippen molar-refractivity contribution in [3.8, 4) is 0 Å². The molecule has 0 aromatic rings. The Morgan fingerprint density at radius 2 is 2.00 bits per heavy atom. The van der Waals surface area contributed by atoms with E-state index in [1.54, 1.807) is 0 Å². The summed E-state index contributed by atoms with van der Waals surface area (Å²) in [5.74, 6) is 7.27. The summed E-state index contributed by atoms with van der Waals surface area (Å²) < 4.78 is 5.27. The smallest absolute Gasteiger partial charge is 0.302 e. The summed E-state index contributed by atoms with van der Waals surface area (Å²) in [6.45, 7) is 2.30. The second-order valence-electron chi connectivity index (χ2n) is 6.19. The highest BCUT2D eigenvalue weighted by atomic mass is 16.5. The predicted molar refractivity (Wildman–Crippen MR) is 48.1 cm³/mol. The second kappa shape index (κ2) is 1.56. The van der Waals surface area contributed by atoms with Crippen LogP contribution in [0.2, 0.25) is 0 Å². The van der Waals surface area contributed by atoms with Crippen LogP contribution in [0.4, 0.5) is 0 Å². The molecule has 0 radical (unpaired) electrons. The monoisotopic (exact) mass is 190 g/mol. The molecule has 2 heteroatoms. The molecular formula is C12H14O2. The van der Waals surface area contributed by atoms with Crippen molar-refractivity contribution in [2.24, 2.45) is 46.8 Å². The molecule has 4 atom stereocenters. The van der Waals surface area contributed by atoms with Gasteiger partial charge in [0.25, 0.3) is 0 Å². The lowest BCUT2D eigenvalue weighted by Gasteiger charge is -2.90. The highest BCUT2D eigenvalue weighted by Crippen LogP contribution is 2.99. The van der Waals surface area contributed by atoms with Crippen molar-refractivity contribution in [3.05, 3.63) is 0 Å². The third-order valence-electron chi connectivity index (χ3n) is 6.50. The van der Waals surface area contributed by atoms with Crippen LogP contribution in [-0.4, -0.2) is 12.6 Å². The highest BCUT2D eigenvalue weighted by Gasteiger charge is 2.97. The first-order chi connectivity index (χ1) is 6.77. The van der Waals surface area contributed by atoms with Gasteiger partial charge in [0.15, 0.2) is 0 Å². The summed E-state index contributed by atoms with van der Waals surface area (Å²) in [5.41, 5.74) is 0.540. The maximum absolute atomic E-state index is 10.8. The Kier molecular flexibility index (Phi) is 0.763. The van der Waals surface area contributed by atoms with E-state index in [9.17, 15) is 4.79 Å². The van der Waals surface area contributed by atoms with Gasteiger partial charge in [0.1, 0.15) is 0 Å². The van der Waals surface area contributed by atoms with Crippen LogP contribution < -0.4 is 0 Å². The molecule has 0 spiro atoms. The van der Waals surface area contributed by atoms with Gasteiger partial charge in [-0.05, 0) is 47.8 Å². The number of hydrogen-bond donors (Lipinski definition) is 0. The summed E-state index contributed by atoms with van der Waals surface area (Å²) in [4.78, 5) is 10.8. The van der Waals surface area contributed by atoms with E-state index in [4.69, 9.17) is 4.74 Å². The number of hydrogen-bond acceptors (Lipinski definition) is 2. The van der Waals surface area contributed by atoms with Gasteiger partial charge in [-0.25, -0.2) is 0 Å². The number of rotatable bonds is 2. The maximum Gasteiger partial charge on any atom is 0.302 e. The van der Waals surface area contributed by atoms with E-state index in [0.29, 0.717) is 5.41 Å². The predicted octanol–water partition coefficient (Wildman–Crippen LogP) is 1.31. The third kappa shape index (κ3) is 0.356. The molecular weight excluding hydrogens is 176 g/mol. The molecule has 0 N–H and O–H groups in total. The molecule has 0 saturated heterocycles. The largest absolute Gasteiger partial charge is 0.465 e. The van der Waals surface area contributed by atoms with E-state index >= 15 is 0 Å². The Hall–Kier alpha value is -0.530. The minimum atomic E-state index is -0.0858. The van der Waals surface area contributed by atoms with E-state index in [2.05, 4.69) is 0 Å². The van der Waals surface area contributed by atoms with Gasteiger partial charge in [0, 0.05) is 12.3 Å². The summed E-state index contributed by atoms with van der Waals surface area (Å²) in [5, 5.41) is 0. The van der Waals surface area contributed by atoms with Crippen molar-refractivity contribution >= 4 is 5.97 Å². The first-order valence-electron chi connectivity index (χ1n) is 5.90. The lowest BCUT2D eigenvalue weighted by molar-refractivity contribution is -0.455. The zero-order valence-electron chi connectivity index (χ0n) is 8.27. The van der Waals surface area contributed by atoms with Gasteiger partial charge in [-0.3, -0.25) is 4.79 Å². The molecule has 6 aliphatic carbocycles. The lowest BCUT2D eigenvalue weighted by atomic mass is 9.13. The number of ether oxygens (including phenoxy) is 1. The number of carbonyl (C=O) groups excluding carboxylic acids is 1. The maximum atomic E-state index is 10.8. The van der Waals surface area contributed by atoms with E-state index in [1.807, 2.05) is 0 Å². The quantitative estimate of drug-likeness (QED) is 0.614. The fourth-order valence-corrected chi connectivity index (χ4v) is 6.65. The molecule has 14 heavy (non-hydrogen) atoms. The van der Waals surface area contributed by atoms with Gasteiger partial charge in [-0.1, -0.05) is 0 Å². The molecule has 0 amide bonds. The van der Waals surface area contributed by atoms with Crippen LogP contribution in [0.25, 0.3) is 0 Å². The van der Waals surface area contributed by atoms with Crippen LogP contribution in [0.1, 0.15) is 13.3 Å². The molecule has 2 bridgehead atoms. The third-order valence-corrected chi connectivity index (χ3v) is 6.50. The van der Waals surface area contributed by atoms with Crippen molar-refractivity contribution in [3.63, 3.8) is 0 Å². The molecule has 0 unspecified atom stereocenters. The Balaban J connectivity index is 1.47. The number of carbonyl (C=O) groups is 1. The van der Waals surface area contributed by atoms with Gasteiger partial charge in [-0.15, -0.1) is 0 Å². The molecule has 6 fully saturated rings. The van der Waals surface area contributed by atoms with E-state index in [0.717, 1.165) is 48.0 Å². The topological polar surface area (TPSA) is 26.3 Å². The molecule has 74 valence electrons. The molecule has 6 aliphatic rings. The van der Waals surface area contributed by atoms with Crippen LogP contribution in [0.5, 0.6) is 0 Å². The van der Waals surface area contributed by atoms with Gasteiger partial charge >= 0.3 is 5.97 Å². The fourth-order valence-electron chi connectivity index (χ4n) is 6.65. The van der Waals surface area contributed by atoms with Crippen LogP contribution in [0.3, 0.4) is 0 Å². The fraction of sp³-hybridized carbons (Fsp3) is 0.917. The standard InChI is InChI=1S/C12H14O2/c1-4(13)14-3-12-9-6-2-5-7(9)11(12)8(5)10(6)12/h5-11H,2-3H2,1H3/t5?,6?,7-,8-,9-,10-,11?,12?/m1/s1. The summed E-state index contributed by atoms with van der Waals surface area (Å²) in [6, 6.07) is 0. The molecule has 6 rings (SSSR count). The Labute approximate surface area is 83.0 Å².